The van der Waals surface area contributed by atoms with Crippen LogP contribution in [0.3, 0.4) is 0 Å². The molecule has 0 aromatic heterocycles. The zero-order valence-electron chi connectivity index (χ0n) is 13.9. The van der Waals surface area contributed by atoms with E-state index in [0.29, 0.717) is 6.61 Å². The fourth-order valence-corrected chi connectivity index (χ4v) is 2.00. The van der Waals surface area contributed by atoms with E-state index in [1.54, 1.807) is 0 Å². The van der Waals surface area contributed by atoms with Crippen LogP contribution in [-0.4, -0.2) is 31.8 Å². The van der Waals surface area contributed by atoms with Crippen LogP contribution in [0.2, 0.25) is 0 Å². The summed E-state index contributed by atoms with van der Waals surface area (Å²) in [6.45, 7) is 6.48. The van der Waals surface area contributed by atoms with E-state index < -0.39 is 12.1 Å². The van der Waals surface area contributed by atoms with Gasteiger partial charge in [-0.1, -0.05) is 59.3 Å². The van der Waals surface area contributed by atoms with Crippen molar-refractivity contribution in [1.82, 2.24) is 5.32 Å². The van der Waals surface area contributed by atoms with Crippen LogP contribution in [0.5, 0.6) is 0 Å². The summed E-state index contributed by atoms with van der Waals surface area (Å²) < 4.78 is 9.82. The number of methoxy groups -OCH3 is 1. The number of rotatable bonds is 11. The van der Waals surface area contributed by atoms with Crippen LogP contribution in [0.15, 0.2) is 0 Å². The van der Waals surface area contributed by atoms with E-state index in [4.69, 9.17) is 4.74 Å². The van der Waals surface area contributed by atoms with Crippen molar-refractivity contribution in [3.8, 4) is 0 Å². The molecule has 0 saturated carbocycles. The van der Waals surface area contributed by atoms with E-state index in [1.807, 2.05) is 13.8 Å². The molecule has 0 aromatic rings. The number of nitrogens with one attached hydrogen (secondary N) is 1. The van der Waals surface area contributed by atoms with Crippen molar-refractivity contribution >= 4 is 12.1 Å². The third kappa shape index (κ3) is 9.32. The van der Waals surface area contributed by atoms with Gasteiger partial charge in [0.05, 0.1) is 13.7 Å². The van der Waals surface area contributed by atoms with Gasteiger partial charge in [0.2, 0.25) is 0 Å². The zero-order valence-corrected chi connectivity index (χ0v) is 13.9. The van der Waals surface area contributed by atoms with Gasteiger partial charge in [0.25, 0.3) is 0 Å². The van der Waals surface area contributed by atoms with Gasteiger partial charge in [0, 0.05) is 0 Å². The molecule has 0 aliphatic carbocycles. The first-order chi connectivity index (χ1) is 10.1. The van der Waals surface area contributed by atoms with E-state index in [1.165, 1.54) is 32.8 Å². The van der Waals surface area contributed by atoms with Crippen molar-refractivity contribution in [1.29, 1.82) is 0 Å². The second kappa shape index (κ2) is 12.5. The quantitative estimate of drug-likeness (QED) is 0.467. The number of carbonyl (C=O) groups excluding carboxylic acids is 2. The Bertz CT molecular complexity index is 294. The number of hydrogen-bond acceptors (Lipinski definition) is 4. The summed E-state index contributed by atoms with van der Waals surface area (Å²) in [6.07, 6.45) is 7.04. The van der Waals surface area contributed by atoms with Crippen molar-refractivity contribution in [3.63, 3.8) is 0 Å². The van der Waals surface area contributed by atoms with Crippen LogP contribution in [-0.2, 0) is 14.3 Å². The third-order valence-corrected chi connectivity index (χ3v) is 3.67. The SMILES string of the molecule is CCCCCCCCOC(=O)C(NC(=O)OC)C(C)CC. The first kappa shape index (κ1) is 19.7. The Balaban J connectivity index is 4.02. The molecule has 1 amide bonds. The molecule has 0 aliphatic rings. The summed E-state index contributed by atoms with van der Waals surface area (Å²) in [6, 6.07) is -0.637. The van der Waals surface area contributed by atoms with Crippen LogP contribution in [0, 0.1) is 5.92 Å². The minimum Gasteiger partial charge on any atom is -0.464 e. The van der Waals surface area contributed by atoms with Gasteiger partial charge in [-0.15, -0.1) is 0 Å². The molecule has 21 heavy (non-hydrogen) atoms. The van der Waals surface area contributed by atoms with Gasteiger partial charge >= 0.3 is 12.1 Å². The highest BCUT2D eigenvalue weighted by Crippen LogP contribution is 2.11. The molecule has 2 unspecified atom stereocenters. The highest BCUT2D eigenvalue weighted by Gasteiger charge is 2.27. The molecule has 5 heteroatoms. The summed E-state index contributed by atoms with van der Waals surface area (Å²) in [5.74, 6) is -0.357. The van der Waals surface area contributed by atoms with E-state index in [-0.39, 0.29) is 11.9 Å². The molecule has 0 radical (unpaired) electrons. The van der Waals surface area contributed by atoms with Crippen molar-refractivity contribution < 1.29 is 19.1 Å². The second-order valence-electron chi connectivity index (χ2n) is 5.43. The van der Waals surface area contributed by atoms with E-state index >= 15 is 0 Å². The van der Waals surface area contributed by atoms with Crippen LogP contribution >= 0.6 is 0 Å². The van der Waals surface area contributed by atoms with E-state index in [9.17, 15) is 9.59 Å². The fraction of sp³-hybridized carbons (Fsp3) is 0.875. The number of hydrogen-bond donors (Lipinski definition) is 1. The number of ether oxygens (including phenoxy) is 2. The van der Waals surface area contributed by atoms with E-state index in [2.05, 4.69) is 17.0 Å². The highest BCUT2D eigenvalue weighted by molar-refractivity contribution is 5.81. The predicted molar refractivity (Wildman–Crippen MR) is 83.1 cm³/mol. The molecular weight excluding hydrogens is 270 g/mol. The molecule has 0 aliphatic heterocycles. The Morgan fingerprint density at radius 2 is 1.67 bits per heavy atom. The number of carbonyl (C=O) groups is 2. The van der Waals surface area contributed by atoms with Crippen molar-refractivity contribution in [2.45, 2.75) is 71.8 Å². The monoisotopic (exact) mass is 301 g/mol. The maximum Gasteiger partial charge on any atom is 0.407 e. The number of unbranched alkanes of at least 4 members (excludes halogenated alkanes) is 5. The minimum absolute atomic E-state index is 0.0150. The lowest BCUT2D eigenvalue weighted by molar-refractivity contribution is -0.147. The lowest BCUT2D eigenvalue weighted by Gasteiger charge is -2.21. The van der Waals surface area contributed by atoms with Crippen LogP contribution in [0.25, 0.3) is 0 Å². The molecule has 0 rings (SSSR count). The Hall–Kier alpha value is -1.26. The number of esters is 1. The zero-order chi connectivity index (χ0) is 16.1. The summed E-state index contributed by atoms with van der Waals surface area (Å²) in [7, 11) is 1.28. The van der Waals surface area contributed by atoms with Crippen molar-refractivity contribution in [3.05, 3.63) is 0 Å². The average molecular weight is 301 g/mol. The summed E-state index contributed by atoms with van der Waals surface area (Å²) in [4.78, 5) is 23.3. The largest absolute Gasteiger partial charge is 0.464 e. The molecular formula is C16H31NO4. The number of alkyl carbamates (subject to hydrolysis) is 1. The van der Waals surface area contributed by atoms with Gasteiger partial charge in [0.15, 0.2) is 0 Å². The van der Waals surface area contributed by atoms with Gasteiger partial charge in [-0.25, -0.2) is 9.59 Å². The first-order valence-electron chi connectivity index (χ1n) is 8.07. The molecule has 0 aromatic carbocycles. The Morgan fingerprint density at radius 3 is 2.24 bits per heavy atom. The summed E-state index contributed by atoms with van der Waals surface area (Å²) in [5, 5.41) is 2.55. The van der Waals surface area contributed by atoms with Gasteiger partial charge in [0.1, 0.15) is 6.04 Å². The summed E-state index contributed by atoms with van der Waals surface area (Å²) >= 11 is 0. The average Bonchev–Trinajstić information content (AvgIpc) is 2.50. The van der Waals surface area contributed by atoms with E-state index in [0.717, 1.165) is 19.3 Å². The van der Waals surface area contributed by atoms with Gasteiger partial charge in [-0.05, 0) is 12.3 Å². The Kier molecular flexibility index (Phi) is 11.7. The normalized spacial score (nSPS) is 13.3. The summed E-state index contributed by atoms with van der Waals surface area (Å²) in [5.41, 5.74) is 0. The second-order valence-corrected chi connectivity index (χ2v) is 5.43. The van der Waals surface area contributed by atoms with Crippen molar-refractivity contribution in [2.75, 3.05) is 13.7 Å². The van der Waals surface area contributed by atoms with Crippen LogP contribution < -0.4 is 5.32 Å². The van der Waals surface area contributed by atoms with Gasteiger partial charge < -0.3 is 14.8 Å². The molecule has 0 bridgehead atoms. The maximum atomic E-state index is 12.0. The highest BCUT2D eigenvalue weighted by atomic mass is 16.5. The standard InChI is InChI=1S/C16H31NO4/c1-5-7-8-9-10-11-12-21-15(18)14(13(3)6-2)17-16(19)20-4/h13-14H,5-12H2,1-4H3,(H,17,19). The minimum atomic E-state index is -0.637. The molecule has 124 valence electrons. The Labute approximate surface area is 128 Å². The Morgan fingerprint density at radius 1 is 1.05 bits per heavy atom. The van der Waals surface area contributed by atoms with Gasteiger partial charge in [-0.2, -0.15) is 0 Å². The molecule has 1 N–H and O–H groups in total. The van der Waals surface area contributed by atoms with Gasteiger partial charge in [-0.3, -0.25) is 0 Å². The van der Waals surface area contributed by atoms with Crippen LogP contribution in [0.1, 0.15) is 65.7 Å². The topological polar surface area (TPSA) is 64.6 Å². The maximum absolute atomic E-state index is 12.0. The fourth-order valence-electron chi connectivity index (χ4n) is 2.00. The predicted octanol–water partition coefficient (Wildman–Crippen LogP) is 3.66. The molecule has 2 atom stereocenters. The molecule has 0 spiro atoms. The number of amides is 1. The first-order valence-corrected chi connectivity index (χ1v) is 8.07. The molecule has 0 saturated heterocycles. The lowest BCUT2D eigenvalue weighted by Crippen LogP contribution is -2.46. The molecule has 0 heterocycles. The lowest BCUT2D eigenvalue weighted by atomic mass is 9.99. The molecule has 0 fully saturated rings. The smallest absolute Gasteiger partial charge is 0.407 e. The van der Waals surface area contributed by atoms with Crippen LogP contribution in [0.4, 0.5) is 4.79 Å². The van der Waals surface area contributed by atoms with Crippen molar-refractivity contribution in [2.24, 2.45) is 5.92 Å². The third-order valence-electron chi connectivity index (χ3n) is 3.67. The molecule has 5 nitrogen and oxygen atoms in total.